The van der Waals surface area contributed by atoms with Crippen LogP contribution in [0.5, 0.6) is 5.75 Å². The Balaban J connectivity index is 2.00. The predicted octanol–water partition coefficient (Wildman–Crippen LogP) is 1.41. The summed E-state index contributed by atoms with van der Waals surface area (Å²) in [6, 6.07) is 6.62. The Kier molecular flexibility index (Phi) is 4.21. The van der Waals surface area contributed by atoms with Crippen LogP contribution in [0.15, 0.2) is 24.3 Å². The standard InChI is InChI=1S/C16H22N2O3/c1-10-14(19)18-13(15(20)17-10)9-11-5-7-12(8-6-11)21-16(2,3)4/h5-8,10,13H,9H2,1-4H3,(H,17,20)(H,18,19)/t10-,13-/m0/s1. The van der Waals surface area contributed by atoms with Crippen LogP contribution in [0.25, 0.3) is 0 Å². The lowest BCUT2D eigenvalue weighted by Crippen LogP contribution is -2.61. The SMILES string of the molecule is C[C@@H]1NC(=O)[C@H](Cc2ccc(OC(C)(C)C)cc2)NC1=O. The fraction of sp³-hybridized carbons (Fsp3) is 0.500. The molecule has 1 heterocycles. The van der Waals surface area contributed by atoms with Gasteiger partial charge in [-0.2, -0.15) is 0 Å². The number of nitrogens with one attached hydrogen (secondary N) is 2. The van der Waals surface area contributed by atoms with E-state index in [2.05, 4.69) is 10.6 Å². The van der Waals surface area contributed by atoms with Gasteiger partial charge in [-0.05, 0) is 45.4 Å². The number of rotatable bonds is 3. The second kappa shape index (κ2) is 5.76. The Bertz CT molecular complexity index is 531. The monoisotopic (exact) mass is 290 g/mol. The summed E-state index contributed by atoms with van der Waals surface area (Å²) in [6.45, 7) is 7.64. The van der Waals surface area contributed by atoms with Crippen molar-refractivity contribution in [2.75, 3.05) is 0 Å². The van der Waals surface area contributed by atoms with Gasteiger partial charge in [0.1, 0.15) is 23.4 Å². The van der Waals surface area contributed by atoms with E-state index in [9.17, 15) is 9.59 Å². The normalized spacial score (nSPS) is 22.5. The van der Waals surface area contributed by atoms with Crippen molar-refractivity contribution in [2.24, 2.45) is 0 Å². The van der Waals surface area contributed by atoms with Gasteiger partial charge in [0.15, 0.2) is 0 Å². The average Bonchev–Trinajstić information content (AvgIpc) is 2.36. The molecular formula is C16H22N2O3. The van der Waals surface area contributed by atoms with Crippen molar-refractivity contribution in [1.82, 2.24) is 10.6 Å². The lowest BCUT2D eigenvalue weighted by Gasteiger charge is -2.27. The molecule has 0 radical (unpaired) electrons. The topological polar surface area (TPSA) is 67.4 Å². The van der Waals surface area contributed by atoms with Crippen molar-refractivity contribution in [2.45, 2.75) is 51.8 Å². The van der Waals surface area contributed by atoms with Crippen LogP contribution in [0.4, 0.5) is 0 Å². The fourth-order valence-electron chi connectivity index (χ4n) is 2.17. The third-order valence-corrected chi connectivity index (χ3v) is 3.17. The molecule has 0 saturated carbocycles. The number of benzene rings is 1. The Morgan fingerprint density at radius 1 is 1.05 bits per heavy atom. The van der Waals surface area contributed by atoms with Crippen LogP contribution in [-0.2, 0) is 16.0 Å². The molecule has 1 aromatic carbocycles. The van der Waals surface area contributed by atoms with Gasteiger partial charge in [0, 0.05) is 6.42 Å². The van der Waals surface area contributed by atoms with Crippen LogP contribution in [0.1, 0.15) is 33.3 Å². The number of carbonyl (C=O) groups is 2. The van der Waals surface area contributed by atoms with Crippen LogP contribution < -0.4 is 15.4 Å². The number of hydrogen-bond donors (Lipinski definition) is 2. The number of amides is 2. The number of carbonyl (C=O) groups excluding carboxylic acids is 2. The van der Waals surface area contributed by atoms with Gasteiger partial charge in [-0.1, -0.05) is 12.1 Å². The minimum Gasteiger partial charge on any atom is -0.488 e. The molecule has 2 rings (SSSR count). The van der Waals surface area contributed by atoms with Crippen molar-refractivity contribution in [3.05, 3.63) is 29.8 Å². The van der Waals surface area contributed by atoms with E-state index >= 15 is 0 Å². The summed E-state index contributed by atoms with van der Waals surface area (Å²) in [5.74, 6) is 0.501. The Morgan fingerprint density at radius 2 is 1.67 bits per heavy atom. The second-order valence-electron chi connectivity index (χ2n) is 6.35. The molecule has 0 bridgehead atoms. The summed E-state index contributed by atoms with van der Waals surface area (Å²) >= 11 is 0. The zero-order valence-electron chi connectivity index (χ0n) is 12.9. The molecule has 1 fully saturated rings. The molecule has 0 aliphatic carbocycles. The highest BCUT2D eigenvalue weighted by atomic mass is 16.5. The molecular weight excluding hydrogens is 268 g/mol. The molecule has 1 aliphatic rings. The molecule has 1 aliphatic heterocycles. The molecule has 2 atom stereocenters. The van der Waals surface area contributed by atoms with Crippen molar-refractivity contribution in [1.29, 1.82) is 0 Å². The maximum Gasteiger partial charge on any atom is 0.243 e. The largest absolute Gasteiger partial charge is 0.488 e. The lowest BCUT2D eigenvalue weighted by atomic mass is 10.0. The minimum atomic E-state index is -0.511. The maximum atomic E-state index is 11.9. The number of hydrogen-bond acceptors (Lipinski definition) is 3. The van der Waals surface area contributed by atoms with Gasteiger partial charge < -0.3 is 15.4 Å². The Morgan fingerprint density at radius 3 is 2.24 bits per heavy atom. The summed E-state index contributed by atoms with van der Waals surface area (Å²) in [7, 11) is 0. The smallest absolute Gasteiger partial charge is 0.243 e. The van der Waals surface area contributed by atoms with E-state index in [-0.39, 0.29) is 17.4 Å². The Hall–Kier alpha value is -2.04. The first-order valence-electron chi connectivity index (χ1n) is 7.13. The molecule has 2 amide bonds. The van der Waals surface area contributed by atoms with Gasteiger partial charge in [0.25, 0.3) is 0 Å². The summed E-state index contributed by atoms with van der Waals surface area (Å²) < 4.78 is 5.75. The molecule has 0 aromatic heterocycles. The summed E-state index contributed by atoms with van der Waals surface area (Å²) in [5.41, 5.74) is 0.737. The highest BCUT2D eigenvalue weighted by molar-refractivity contribution is 5.96. The van der Waals surface area contributed by atoms with Crippen molar-refractivity contribution in [3.8, 4) is 5.75 Å². The van der Waals surface area contributed by atoms with Crippen LogP contribution in [0, 0.1) is 0 Å². The quantitative estimate of drug-likeness (QED) is 0.884. The van der Waals surface area contributed by atoms with Crippen LogP contribution in [-0.4, -0.2) is 29.5 Å². The van der Waals surface area contributed by atoms with E-state index < -0.39 is 12.1 Å². The van der Waals surface area contributed by atoms with Gasteiger partial charge in [-0.15, -0.1) is 0 Å². The van der Waals surface area contributed by atoms with Crippen LogP contribution in [0.3, 0.4) is 0 Å². The zero-order chi connectivity index (χ0) is 15.6. The highest BCUT2D eigenvalue weighted by Crippen LogP contribution is 2.19. The summed E-state index contributed by atoms with van der Waals surface area (Å²) in [4.78, 5) is 23.5. The van der Waals surface area contributed by atoms with Gasteiger partial charge in [0.2, 0.25) is 11.8 Å². The second-order valence-corrected chi connectivity index (χ2v) is 6.35. The summed E-state index contributed by atoms with van der Waals surface area (Å²) in [6.07, 6.45) is 0.472. The highest BCUT2D eigenvalue weighted by Gasteiger charge is 2.30. The van der Waals surface area contributed by atoms with Gasteiger partial charge in [-0.25, -0.2) is 0 Å². The molecule has 1 aromatic rings. The molecule has 5 heteroatoms. The van der Waals surface area contributed by atoms with E-state index in [1.807, 2.05) is 45.0 Å². The molecule has 1 saturated heterocycles. The molecule has 114 valence electrons. The summed E-state index contributed by atoms with van der Waals surface area (Å²) in [5, 5.41) is 5.40. The predicted molar refractivity (Wildman–Crippen MR) is 80.1 cm³/mol. The first-order valence-corrected chi connectivity index (χ1v) is 7.13. The number of ether oxygens (including phenoxy) is 1. The van der Waals surface area contributed by atoms with Crippen molar-refractivity contribution in [3.63, 3.8) is 0 Å². The fourth-order valence-corrected chi connectivity index (χ4v) is 2.17. The average molecular weight is 290 g/mol. The minimum absolute atomic E-state index is 0.142. The third-order valence-electron chi connectivity index (χ3n) is 3.17. The maximum absolute atomic E-state index is 11.9. The van der Waals surface area contributed by atoms with Crippen LogP contribution in [0.2, 0.25) is 0 Å². The molecule has 0 unspecified atom stereocenters. The Labute approximate surface area is 125 Å². The lowest BCUT2D eigenvalue weighted by molar-refractivity contribution is -0.136. The van der Waals surface area contributed by atoms with E-state index in [4.69, 9.17) is 4.74 Å². The van der Waals surface area contributed by atoms with Crippen molar-refractivity contribution >= 4 is 11.8 Å². The van der Waals surface area contributed by atoms with Gasteiger partial charge in [0.05, 0.1) is 0 Å². The van der Waals surface area contributed by atoms with Crippen LogP contribution >= 0.6 is 0 Å². The zero-order valence-corrected chi connectivity index (χ0v) is 12.9. The molecule has 21 heavy (non-hydrogen) atoms. The first-order chi connectivity index (χ1) is 9.74. The molecule has 2 N–H and O–H groups in total. The van der Waals surface area contributed by atoms with E-state index in [0.717, 1.165) is 11.3 Å². The molecule has 5 nitrogen and oxygen atoms in total. The van der Waals surface area contributed by atoms with Crippen molar-refractivity contribution < 1.29 is 14.3 Å². The van der Waals surface area contributed by atoms with E-state index in [1.165, 1.54) is 0 Å². The number of piperazine rings is 1. The van der Waals surface area contributed by atoms with E-state index in [1.54, 1.807) is 6.92 Å². The van der Waals surface area contributed by atoms with Gasteiger partial charge >= 0.3 is 0 Å². The first kappa shape index (κ1) is 15.4. The van der Waals surface area contributed by atoms with E-state index in [0.29, 0.717) is 6.42 Å². The molecule has 0 spiro atoms. The van der Waals surface area contributed by atoms with Gasteiger partial charge in [-0.3, -0.25) is 9.59 Å². The third kappa shape index (κ3) is 4.21.